The van der Waals surface area contributed by atoms with Gasteiger partial charge in [-0.15, -0.1) is 0 Å². The number of hydrogen-bond donors (Lipinski definition) is 2. The summed E-state index contributed by atoms with van der Waals surface area (Å²) in [5.41, 5.74) is 3.85. The Labute approximate surface area is 139 Å². The summed E-state index contributed by atoms with van der Waals surface area (Å²) < 4.78 is 44.5. The number of carbonyl (C=O) groups excluding carboxylic acids is 1. The van der Waals surface area contributed by atoms with E-state index in [9.17, 15) is 18.0 Å². The average molecular weight is 344 g/mol. The second kappa shape index (κ2) is 6.04. The van der Waals surface area contributed by atoms with Gasteiger partial charge >= 0.3 is 6.18 Å². The number of benzene rings is 1. The molecule has 0 aromatic heterocycles. The number of nitrogens with two attached hydrogens (primary N) is 1. The summed E-state index contributed by atoms with van der Waals surface area (Å²) in [6.07, 6.45) is -4.29. The zero-order valence-corrected chi connectivity index (χ0v) is 14.3. The van der Waals surface area contributed by atoms with Gasteiger partial charge in [0, 0.05) is 24.1 Å². The molecule has 7 heteroatoms. The van der Waals surface area contributed by atoms with Crippen molar-refractivity contribution in [3.63, 3.8) is 0 Å². The van der Waals surface area contributed by atoms with Crippen molar-refractivity contribution in [2.45, 2.75) is 51.9 Å². The van der Waals surface area contributed by atoms with Gasteiger partial charge in [-0.3, -0.25) is 4.79 Å². The van der Waals surface area contributed by atoms with Crippen LogP contribution in [0.25, 0.3) is 0 Å². The molecule has 24 heavy (non-hydrogen) atoms. The molecule has 2 rings (SSSR count). The van der Waals surface area contributed by atoms with Gasteiger partial charge in [-0.05, 0) is 31.5 Å². The Balaban J connectivity index is 2.19. The molecule has 1 amide bonds. The molecule has 1 fully saturated rings. The highest BCUT2D eigenvalue weighted by Crippen LogP contribution is 2.50. The molecule has 4 nitrogen and oxygen atoms in total. The highest BCUT2D eigenvalue weighted by Gasteiger charge is 2.62. The second-order valence-corrected chi connectivity index (χ2v) is 6.82. The number of anilines is 1. The van der Waals surface area contributed by atoms with Crippen molar-refractivity contribution in [3.05, 3.63) is 29.3 Å². The van der Waals surface area contributed by atoms with E-state index in [-0.39, 0.29) is 17.4 Å². The molecule has 0 saturated heterocycles. The fraction of sp³-hybridized carbons (Fsp3) is 0.588. The van der Waals surface area contributed by atoms with Crippen molar-refractivity contribution in [1.82, 2.24) is 0 Å². The first-order valence-corrected chi connectivity index (χ1v) is 7.83. The third-order valence-electron chi connectivity index (χ3n) is 5.04. The van der Waals surface area contributed by atoms with E-state index in [1.165, 1.54) is 19.1 Å². The molecule has 0 bridgehead atoms. The number of alkyl halides is 3. The van der Waals surface area contributed by atoms with Gasteiger partial charge in [-0.1, -0.05) is 19.9 Å². The number of amides is 1. The summed E-state index contributed by atoms with van der Waals surface area (Å²) in [4.78, 5) is 12.6. The number of rotatable bonds is 4. The zero-order valence-electron chi connectivity index (χ0n) is 14.3. The van der Waals surface area contributed by atoms with Crippen LogP contribution in [0.4, 0.5) is 18.9 Å². The summed E-state index contributed by atoms with van der Waals surface area (Å²) in [5.74, 6) is -0.500. The summed E-state index contributed by atoms with van der Waals surface area (Å²) in [6.45, 7) is 7.40. The van der Waals surface area contributed by atoms with E-state index >= 15 is 0 Å². The molecular weight excluding hydrogens is 321 g/mol. The lowest BCUT2D eigenvalue weighted by Crippen LogP contribution is -2.74. The lowest BCUT2D eigenvalue weighted by atomic mass is 9.54. The topological polar surface area (TPSA) is 64.3 Å². The molecular formula is C17H23F3N2O2. The molecule has 1 aliphatic rings. The van der Waals surface area contributed by atoms with Crippen LogP contribution in [0.3, 0.4) is 0 Å². The summed E-state index contributed by atoms with van der Waals surface area (Å²) >= 11 is 0. The molecule has 2 unspecified atom stereocenters. The van der Waals surface area contributed by atoms with Crippen molar-refractivity contribution in [1.29, 1.82) is 0 Å². The zero-order chi connectivity index (χ0) is 18.3. The van der Waals surface area contributed by atoms with Gasteiger partial charge < -0.3 is 15.8 Å². The van der Waals surface area contributed by atoms with E-state index in [4.69, 9.17) is 10.5 Å². The summed E-state index contributed by atoms with van der Waals surface area (Å²) in [5, 5.41) is 2.52. The van der Waals surface area contributed by atoms with Gasteiger partial charge in [0.2, 0.25) is 5.91 Å². The van der Waals surface area contributed by atoms with Gasteiger partial charge in [0.05, 0.1) is 11.7 Å². The molecule has 0 spiro atoms. The number of hydrogen-bond acceptors (Lipinski definition) is 3. The summed E-state index contributed by atoms with van der Waals surface area (Å²) in [7, 11) is 0. The Morgan fingerprint density at radius 2 is 2.04 bits per heavy atom. The maximum absolute atomic E-state index is 13.0. The van der Waals surface area contributed by atoms with Gasteiger partial charge in [-0.25, -0.2) is 0 Å². The molecule has 1 aromatic carbocycles. The Hall–Kier alpha value is -1.60. The molecule has 0 heterocycles. The maximum Gasteiger partial charge on any atom is 0.416 e. The molecule has 1 aliphatic carbocycles. The van der Waals surface area contributed by atoms with Crippen LogP contribution < -0.4 is 11.1 Å². The number of aryl methyl sites for hydroxylation is 1. The highest BCUT2D eigenvalue weighted by atomic mass is 19.4. The number of carbonyl (C=O) groups is 1. The molecule has 1 aromatic rings. The third-order valence-corrected chi connectivity index (χ3v) is 5.04. The van der Waals surface area contributed by atoms with Crippen LogP contribution in [0.2, 0.25) is 0 Å². The first kappa shape index (κ1) is 18.7. The van der Waals surface area contributed by atoms with Crippen LogP contribution in [-0.2, 0) is 15.7 Å². The fourth-order valence-corrected chi connectivity index (χ4v) is 3.07. The van der Waals surface area contributed by atoms with Crippen molar-refractivity contribution in [2.24, 2.45) is 11.1 Å². The fourth-order valence-electron chi connectivity index (χ4n) is 3.07. The lowest BCUT2D eigenvalue weighted by molar-refractivity contribution is -0.166. The van der Waals surface area contributed by atoms with Crippen LogP contribution >= 0.6 is 0 Å². The second-order valence-electron chi connectivity index (χ2n) is 6.82. The van der Waals surface area contributed by atoms with E-state index in [1.807, 2.05) is 20.8 Å². The van der Waals surface area contributed by atoms with E-state index in [2.05, 4.69) is 5.32 Å². The standard InChI is InChI=1S/C17H23F3N2O2/c1-5-24-13-9-16(21,15(13,3)4)14(23)22-11-7-6-10(2)12(8-11)17(18,19)20/h6-8,13H,5,9,21H2,1-4H3,(H,22,23). The minimum Gasteiger partial charge on any atom is -0.378 e. The first-order valence-electron chi connectivity index (χ1n) is 7.83. The Bertz CT molecular complexity index is 643. The van der Waals surface area contributed by atoms with Crippen LogP contribution in [0, 0.1) is 12.3 Å². The Morgan fingerprint density at radius 3 is 2.54 bits per heavy atom. The van der Waals surface area contributed by atoms with Crippen molar-refractivity contribution in [3.8, 4) is 0 Å². The quantitative estimate of drug-likeness (QED) is 0.879. The Morgan fingerprint density at radius 1 is 1.42 bits per heavy atom. The van der Waals surface area contributed by atoms with E-state index < -0.39 is 28.6 Å². The molecule has 0 aliphatic heterocycles. The van der Waals surface area contributed by atoms with Gasteiger partial charge in [-0.2, -0.15) is 13.2 Å². The minimum absolute atomic E-state index is 0.0819. The normalized spacial score (nSPS) is 25.9. The maximum atomic E-state index is 13.0. The summed E-state index contributed by atoms with van der Waals surface area (Å²) in [6, 6.07) is 3.70. The molecule has 2 atom stereocenters. The number of nitrogens with one attached hydrogen (secondary N) is 1. The largest absolute Gasteiger partial charge is 0.416 e. The molecule has 1 saturated carbocycles. The monoisotopic (exact) mass is 344 g/mol. The van der Waals surface area contributed by atoms with E-state index in [0.717, 1.165) is 6.07 Å². The lowest BCUT2D eigenvalue weighted by Gasteiger charge is -2.57. The highest BCUT2D eigenvalue weighted by molar-refractivity contribution is 5.99. The first-order chi connectivity index (χ1) is 10.9. The van der Waals surface area contributed by atoms with E-state index in [0.29, 0.717) is 13.0 Å². The minimum atomic E-state index is -4.47. The van der Waals surface area contributed by atoms with Crippen LogP contribution in [0.1, 0.15) is 38.3 Å². The van der Waals surface area contributed by atoms with Crippen molar-refractivity contribution in [2.75, 3.05) is 11.9 Å². The smallest absolute Gasteiger partial charge is 0.378 e. The van der Waals surface area contributed by atoms with Crippen LogP contribution in [0.15, 0.2) is 18.2 Å². The molecule has 3 N–H and O–H groups in total. The van der Waals surface area contributed by atoms with Gasteiger partial charge in [0.15, 0.2) is 0 Å². The van der Waals surface area contributed by atoms with Gasteiger partial charge in [0.25, 0.3) is 0 Å². The van der Waals surface area contributed by atoms with Crippen LogP contribution in [-0.4, -0.2) is 24.2 Å². The van der Waals surface area contributed by atoms with Gasteiger partial charge in [0.1, 0.15) is 5.54 Å². The third kappa shape index (κ3) is 3.02. The van der Waals surface area contributed by atoms with Crippen molar-refractivity contribution < 1.29 is 22.7 Å². The SMILES string of the molecule is CCOC1CC(N)(C(=O)Nc2ccc(C)c(C(F)(F)F)c2)C1(C)C. The number of halogens is 3. The van der Waals surface area contributed by atoms with E-state index in [1.54, 1.807) is 0 Å². The van der Waals surface area contributed by atoms with Crippen LogP contribution in [0.5, 0.6) is 0 Å². The van der Waals surface area contributed by atoms with Crippen molar-refractivity contribution >= 4 is 11.6 Å². The number of ether oxygens (including phenoxy) is 1. The predicted octanol–water partition coefficient (Wildman–Crippen LogP) is 3.48. The average Bonchev–Trinajstić information content (AvgIpc) is 2.47. The molecule has 0 radical (unpaired) electrons. The Kier molecular flexibility index (Phi) is 4.71. The predicted molar refractivity (Wildman–Crippen MR) is 85.5 cm³/mol. The molecule has 134 valence electrons.